The molecule has 0 spiro atoms. The fourth-order valence-corrected chi connectivity index (χ4v) is 1.31. The molecule has 2 nitrogen and oxygen atoms in total. The molecule has 2 heteroatoms. The van der Waals surface area contributed by atoms with Crippen molar-refractivity contribution in [3.05, 3.63) is 35.4 Å². The molecule has 76 valence electrons. The summed E-state index contributed by atoms with van der Waals surface area (Å²) in [5.74, 6) is 0.353. The molecule has 0 aliphatic heterocycles. The van der Waals surface area contributed by atoms with E-state index in [1.54, 1.807) is 6.07 Å². The molecule has 0 amide bonds. The first kappa shape index (κ1) is 10.8. The Labute approximate surface area is 85.3 Å². The van der Waals surface area contributed by atoms with Gasteiger partial charge in [-0.15, -0.1) is 0 Å². The normalized spacial score (nSPS) is 11.0. The summed E-state index contributed by atoms with van der Waals surface area (Å²) < 4.78 is 0. The molecular weight excluding hydrogens is 174 g/mol. The average Bonchev–Trinajstić information content (AvgIpc) is 2.16. The van der Waals surface area contributed by atoms with E-state index in [9.17, 15) is 5.11 Å². The zero-order valence-electron chi connectivity index (χ0n) is 8.75. The maximum absolute atomic E-state index is 9.58. The minimum atomic E-state index is 0.353. The van der Waals surface area contributed by atoms with Crippen molar-refractivity contribution in [2.75, 3.05) is 13.6 Å². The lowest BCUT2D eigenvalue weighted by atomic mass is 10.1. The SMILES string of the molecule is CNCCC=Cc1c(C)cccc1O. The van der Waals surface area contributed by atoms with Gasteiger partial charge in [-0.3, -0.25) is 0 Å². The van der Waals surface area contributed by atoms with Crippen LogP contribution in [0.3, 0.4) is 0 Å². The molecule has 0 saturated carbocycles. The zero-order valence-corrected chi connectivity index (χ0v) is 8.75. The van der Waals surface area contributed by atoms with Crippen LogP contribution in [0.4, 0.5) is 0 Å². The van der Waals surface area contributed by atoms with Gasteiger partial charge in [0.15, 0.2) is 0 Å². The summed E-state index contributed by atoms with van der Waals surface area (Å²) in [4.78, 5) is 0. The van der Waals surface area contributed by atoms with Gasteiger partial charge >= 0.3 is 0 Å². The van der Waals surface area contributed by atoms with Gasteiger partial charge in [-0.2, -0.15) is 0 Å². The van der Waals surface area contributed by atoms with Crippen molar-refractivity contribution in [1.82, 2.24) is 5.32 Å². The fraction of sp³-hybridized carbons (Fsp3) is 0.333. The third-order valence-corrected chi connectivity index (χ3v) is 2.15. The van der Waals surface area contributed by atoms with E-state index >= 15 is 0 Å². The zero-order chi connectivity index (χ0) is 10.4. The lowest BCUT2D eigenvalue weighted by Crippen LogP contribution is -2.05. The van der Waals surface area contributed by atoms with Crippen LogP contribution in [0.2, 0.25) is 0 Å². The number of phenols is 1. The second-order valence-electron chi connectivity index (χ2n) is 3.30. The van der Waals surface area contributed by atoms with Gasteiger partial charge in [-0.25, -0.2) is 0 Å². The van der Waals surface area contributed by atoms with Crippen LogP contribution in [0.5, 0.6) is 5.75 Å². The fourth-order valence-electron chi connectivity index (χ4n) is 1.31. The molecule has 0 bridgehead atoms. The molecular formula is C12H17NO. The second kappa shape index (κ2) is 5.45. The number of rotatable bonds is 4. The standard InChI is InChI=1S/C12H17NO/c1-10-6-5-8-12(14)11(10)7-3-4-9-13-2/h3,5-8,13-14H,4,9H2,1-2H3. The highest BCUT2D eigenvalue weighted by molar-refractivity contribution is 5.60. The molecule has 0 atom stereocenters. The van der Waals surface area contributed by atoms with Gasteiger partial charge in [-0.05, 0) is 38.6 Å². The first-order chi connectivity index (χ1) is 6.75. The molecule has 0 heterocycles. The van der Waals surface area contributed by atoms with Crippen molar-refractivity contribution < 1.29 is 5.11 Å². The molecule has 0 radical (unpaired) electrons. The van der Waals surface area contributed by atoms with E-state index in [0.29, 0.717) is 5.75 Å². The maximum atomic E-state index is 9.58. The van der Waals surface area contributed by atoms with E-state index in [1.165, 1.54) is 0 Å². The van der Waals surface area contributed by atoms with Gasteiger partial charge in [0.05, 0.1) is 0 Å². The summed E-state index contributed by atoms with van der Waals surface area (Å²) >= 11 is 0. The Kier molecular flexibility index (Phi) is 4.20. The van der Waals surface area contributed by atoms with Crippen LogP contribution < -0.4 is 5.32 Å². The number of benzene rings is 1. The smallest absolute Gasteiger partial charge is 0.123 e. The number of phenolic OH excluding ortho intramolecular Hbond substituents is 1. The van der Waals surface area contributed by atoms with Crippen molar-refractivity contribution in [3.63, 3.8) is 0 Å². The average molecular weight is 191 g/mol. The Morgan fingerprint density at radius 2 is 2.21 bits per heavy atom. The number of aromatic hydroxyl groups is 1. The largest absolute Gasteiger partial charge is 0.507 e. The summed E-state index contributed by atoms with van der Waals surface area (Å²) in [6.07, 6.45) is 5.02. The van der Waals surface area contributed by atoms with E-state index in [4.69, 9.17) is 0 Å². The monoisotopic (exact) mass is 191 g/mol. The Morgan fingerprint density at radius 1 is 1.43 bits per heavy atom. The van der Waals surface area contributed by atoms with Gasteiger partial charge in [-0.1, -0.05) is 24.3 Å². The number of hydrogen-bond acceptors (Lipinski definition) is 2. The van der Waals surface area contributed by atoms with Crippen molar-refractivity contribution in [2.45, 2.75) is 13.3 Å². The van der Waals surface area contributed by atoms with Crippen LogP contribution in [0.25, 0.3) is 6.08 Å². The first-order valence-electron chi connectivity index (χ1n) is 4.85. The summed E-state index contributed by atoms with van der Waals surface area (Å²) in [6.45, 7) is 2.96. The number of nitrogens with one attached hydrogen (secondary N) is 1. The third-order valence-electron chi connectivity index (χ3n) is 2.15. The van der Waals surface area contributed by atoms with Gasteiger partial charge < -0.3 is 10.4 Å². The van der Waals surface area contributed by atoms with Crippen molar-refractivity contribution in [3.8, 4) is 5.75 Å². The molecule has 1 rings (SSSR count). The molecule has 0 unspecified atom stereocenters. The summed E-state index contributed by atoms with van der Waals surface area (Å²) in [5, 5.41) is 12.7. The minimum absolute atomic E-state index is 0.353. The van der Waals surface area contributed by atoms with Crippen LogP contribution in [0.15, 0.2) is 24.3 Å². The molecule has 14 heavy (non-hydrogen) atoms. The highest BCUT2D eigenvalue weighted by Crippen LogP contribution is 2.21. The van der Waals surface area contributed by atoms with Crippen LogP contribution in [-0.2, 0) is 0 Å². The summed E-state index contributed by atoms with van der Waals surface area (Å²) in [5.41, 5.74) is 2.02. The molecule has 2 N–H and O–H groups in total. The third kappa shape index (κ3) is 2.89. The van der Waals surface area contributed by atoms with E-state index in [1.807, 2.05) is 32.2 Å². The van der Waals surface area contributed by atoms with Crippen LogP contribution in [0, 0.1) is 6.92 Å². The summed E-state index contributed by atoms with van der Waals surface area (Å²) in [6, 6.07) is 5.57. The van der Waals surface area contributed by atoms with Gasteiger partial charge in [0.1, 0.15) is 5.75 Å². The predicted octanol–water partition coefficient (Wildman–Crippen LogP) is 2.32. The van der Waals surface area contributed by atoms with E-state index in [0.717, 1.165) is 24.1 Å². The Bertz CT molecular complexity index is 298. The van der Waals surface area contributed by atoms with Crippen LogP contribution in [-0.4, -0.2) is 18.7 Å². The molecule has 0 fully saturated rings. The lowest BCUT2D eigenvalue weighted by molar-refractivity contribution is 0.473. The first-order valence-corrected chi connectivity index (χ1v) is 4.85. The second-order valence-corrected chi connectivity index (χ2v) is 3.30. The summed E-state index contributed by atoms with van der Waals surface area (Å²) in [7, 11) is 1.93. The van der Waals surface area contributed by atoms with E-state index in [2.05, 4.69) is 11.4 Å². The minimum Gasteiger partial charge on any atom is -0.507 e. The molecule has 0 aromatic heterocycles. The van der Waals surface area contributed by atoms with E-state index < -0.39 is 0 Å². The molecule has 0 aliphatic rings. The van der Waals surface area contributed by atoms with Crippen molar-refractivity contribution >= 4 is 6.08 Å². The molecule has 1 aromatic rings. The van der Waals surface area contributed by atoms with Gasteiger partial charge in [0, 0.05) is 5.56 Å². The Morgan fingerprint density at radius 3 is 2.86 bits per heavy atom. The Balaban J connectivity index is 2.70. The number of aryl methyl sites for hydroxylation is 1. The maximum Gasteiger partial charge on any atom is 0.123 e. The lowest BCUT2D eigenvalue weighted by Gasteiger charge is -2.02. The van der Waals surface area contributed by atoms with E-state index in [-0.39, 0.29) is 0 Å². The van der Waals surface area contributed by atoms with Crippen LogP contribution >= 0.6 is 0 Å². The van der Waals surface area contributed by atoms with Crippen LogP contribution in [0.1, 0.15) is 17.5 Å². The molecule has 0 saturated heterocycles. The Hall–Kier alpha value is -1.28. The molecule has 1 aromatic carbocycles. The predicted molar refractivity (Wildman–Crippen MR) is 60.4 cm³/mol. The highest BCUT2D eigenvalue weighted by atomic mass is 16.3. The topological polar surface area (TPSA) is 32.3 Å². The van der Waals surface area contributed by atoms with Gasteiger partial charge in [0.25, 0.3) is 0 Å². The highest BCUT2D eigenvalue weighted by Gasteiger charge is 1.98. The number of hydrogen-bond donors (Lipinski definition) is 2. The quantitative estimate of drug-likeness (QED) is 0.716. The van der Waals surface area contributed by atoms with Crippen molar-refractivity contribution in [1.29, 1.82) is 0 Å². The van der Waals surface area contributed by atoms with Gasteiger partial charge in [0.2, 0.25) is 0 Å². The molecule has 0 aliphatic carbocycles. The van der Waals surface area contributed by atoms with Crippen molar-refractivity contribution in [2.24, 2.45) is 0 Å².